The minimum atomic E-state index is -0.324. The van der Waals surface area contributed by atoms with Gasteiger partial charge in [0.2, 0.25) is 0 Å². The van der Waals surface area contributed by atoms with Crippen molar-refractivity contribution in [3.05, 3.63) is 23.3 Å². The molecule has 19 heavy (non-hydrogen) atoms. The largest absolute Gasteiger partial charge is 0.507 e. The monoisotopic (exact) mass is 260 g/mol. The van der Waals surface area contributed by atoms with Crippen LogP contribution in [-0.2, 0) is 0 Å². The third kappa shape index (κ3) is 1.74. The molecule has 2 atom stereocenters. The Morgan fingerprint density at radius 2 is 1.21 bits per heavy atom. The van der Waals surface area contributed by atoms with Gasteiger partial charge in [-0.2, -0.15) is 0 Å². The Morgan fingerprint density at radius 3 is 1.63 bits per heavy atom. The van der Waals surface area contributed by atoms with Crippen LogP contribution in [0.2, 0.25) is 0 Å². The van der Waals surface area contributed by atoms with E-state index in [1.165, 1.54) is 12.1 Å². The second-order valence-corrected chi connectivity index (χ2v) is 5.43. The maximum Gasteiger partial charge on any atom is 0.171 e. The van der Waals surface area contributed by atoms with Crippen LogP contribution in [0.25, 0.3) is 0 Å². The van der Waals surface area contributed by atoms with Gasteiger partial charge in [-0.15, -0.1) is 0 Å². The van der Waals surface area contributed by atoms with Crippen LogP contribution >= 0.6 is 0 Å². The molecule has 4 nitrogen and oxygen atoms in total. The van der Waals surface area contributed by atoms with E-state index in [-0.39, 0.29) is 46.0 Å². The summed E-state index contributed by atoms with van der Waals surface area (Å²) in [6.07, 6.45) is 4.31. The molecule has 0 amide bonds. The topological polar surface area (TPSA) is 74.6 Å². The van der Waals surface area contributed by atoms with Gasteiger partial charge >= 0.3 is 0 Å². The molecule has 0 saturated heterocycles. The van der Waals surface area contributed by atoms with Gasteiger partial charge in [-0.3, -0.25) is 9.59 Å². The van der Waals surface area contributed by atoms with Gasteiger partial charge in [0.05, 0.1) is 11.1 Å². The first-order valence-electron chi connectivity index (χ1n) is 6.74. The minimum absolute atomic E-state index is 0.0214. The molecule has 0 heterocycles. The van der Waals surface area contributed by atoms with E-state index in [1.54, 1.807) is 0 Å². The number of carbonyl (C=O) groups is 2. The van der Waals surface area contributed by atoms with Crippen molar-refractivity contribution < 1.29 is 19.8 Å². The normalized spacial score (nSPS) is 26.5. The zero-order valence-corrected chi connectivity index (χ0v) is 10.6. The highest BCUT2D eigenvalue weighted by Gasteiger charge is 2.44. The van der Waals surface area contributed by atoms with Crippen LogP contribution in [0.5, 0.6) is 11.5 Å². The molecule has 0 radical (unpaired) electrons. The van der Waals surface area contributed by atoms with Gasteiger partial charge in [0.25, 0.3) is 0 Å². The lowest BCUT2D eigenvalue weighted by Gasteiger charge is -2.29. The molecule has 1 aromatic rings. The summed E-state index contributed by atoms with van der Waals surface area (Å²) in [7, 11) is 0. The lowest BCUT2D eigenvalue weighted by Crippen LogP contribution is -2.36. The first-order valence-corrected chi connectivity index (χ1v) is 6.74. The SMILES string of the molecule is O=C1c2c(O)ccc(O)c2C(=O)C2CCCCCC12. The summed E-state index contributed by atoms with van der Waals surface area (Å²) in [5.74, 6) is -1.42. The highest BCUT2D eigenvalue weighted by Crippen LogP contribution is 2.43. The van der Waals surface area contributed by atoms with E-state index < -0.39 is 0 Å². The zero-order chi connectivity index (χ0) is 13.6. The average molecular weight is 260 g/mol. The number of hydrogen-bond donors (Lipinski definition) is 2. The molecule has 2 aliphatic carbocycles. The highest BCUT2D eigenvalue weighted by molar-refractivity contribution is 6.18. The first-order chi connectivity index (χ1) is 9.11. The fourth-order valence-electron chi connectivity index (χ4n) is 3.39. The Balaban J connectivity index is 2.19. The second kappa shape index (κ2) is 4.37. The average Bonchev–Trinajstić information content (AvgIpc) is 2.64. The minimum Gasteiger partial charge on any atom is -0.507 e. The van der Waals surface area contributed by atoms with E-state index >= 15 is 0 Å². The van der Waals surface area contributed by atoms with Crippen LogP contribution in [0.3, 0.4) is 0 Å². The van der Waals surface area contributed by atoms with Gasteiger partial charge in [0.1, 0.15) is 11.5 Å². The second-order valence-electron chi connectivity index (χ2n) is 5.43. The molecule has 0 aliphatic heterocycles. The Labute approximate surface area is 111 Å². The molecule has 1 fully saturated rings. The third-order valence-corrected chi connectivity index (χ3v) is 4.34. The number of benzene rings is 1. The quantitative estimate of drug-likeness (QED) is 0.703. The van der Waals surface area contributed by atoms with Crippen LogP contribution in [0.4, 0.5) is 0 Å². The predicted molar refractivity (Wildman–Crippen MR) is 68.5 cm³/mol. The molecule has 3 rings (SSSR count). The van der Waals surface area contributed by atoms with Crippen molar-refractivity contribution in [1.82, 2.24) is 0 Å². The molecule has 100 valence electrons. The smallest absolute Gasteiger partial charge is 0.171 e. The molecular weight excluding hydrogens is 244 g/mol. The van der Waals surface area contributed by atoms with Crippen molar-refractivity contribution in [2.75, 3.05) is 0 Å². The molecule has 1 aromatic carbocycles. The molecular formula is C15H16O4. The molecule has 2 aliphatic rings. The number of Topliss-reactive ketones (excluding diaryl/α,β-unsaturated/α-hetero) is 2. The number of ketones is 2. The summed E-state index contributed by atoms with van der Waals surface area (Å²) in [6.45, 7) is 0. The van der Waals surface area contributed by atoms with E-state index in [0.29, 0.717) is 12.8 Å². The van der Waals surface area contributed by atoms with Gasteiger partial charge in [-0.05, 0) is 25.0 Å². The standard InChI is InChI=1S/C15H16O4/c16-10-6-7-11(17)13-12(10)14(18)8-4-2-1-3-5-9(8)15(13)19/h6-9,16-17H,1-5H2. The summed E-state index contributed by atoms with van der Waals surface area (Å²) in [5.41, 5.74) is 0.0429. The van der Waals surface area contributed by atoms with Crippen LogP contribution in [0.1, 0.15) is 52.8 Å². The fraction of sp³-hybridized carbons (Fsp3) is 0.467. The van der Waals surface area contributed by atoms with Crippen molar-refractivity contribution in [2.45, 2.75) is 32.1 Å². The van der Waals surface area contributed by atoms with E-state index in [4.69, 9.17) is 0 Å². The van der Waals surface area contributed by atoms with Gasteiger partial charge in [-0.25, -0.2) is 0 Å². The van der Waals surface area contributed by atoms with E-state index in [0.717, 1.165) is 19.3 Å². The maximum absolute atomic E-state index is 12.5. The highest BCUT2D eigenvalue weighted by atomic mass is 16.3. The molecule has 4 heteroatoms. The Hall–Kier alpha value is -1.84. The van der Waals surface area contributed by atoms with Crippen molar-refractivity contribution in [2.24, 2.45) is 11.8 Å². The summed E-state index contributed by atoms with van der Waals surface area (Å²) >= 11 is 0. The number of fused-ring (bicyclic) bond motifs is 2. The van der Waals surface area contributed by atoms with Gasteiger partial charge in [0, 0.05) is 11.8 Å². The van der Waals surface area contributed by atoms with Crippen LogP contribution in [0.15, 0.2) is 12.1 Å². The van der Waals surface area contributed by atoms with Crippen molar-refractivity contribution in [3.63, 3.8) is 0 Å². The van der Waals surface area contributed by atoms with Crippen LogP contribution < -0.4 is 0 Å². The number of aromatic hydroxyl groups is 2. The molecule has 2 N–H and O–H groups in total. The number of phenolic OH excluding ortho intramolecular Hbond substituents is 2. The third-order valence-electron chi connectivity index (χ3n) is 4.34. The van der Waals surface area contributed by atoms with Crippen molar-refractivity contribution in [3.8, 4) is 11.5 Å². The van der Waals surface area contributed by atoms with E-state index in [9.17, 15) is 19.8 Å². The molecule has 2 unspecified atom stereocenters. The number of carbonyl (C=O) groups excluding carboxylic acids is 2. The summed E-state index contributed by atoms with van der Waals surface area (Å²) < 4.78 is 0. The summed E-state index contributed by atoms with van der Waals surface area (Å²) in [4.78, 5) is 25.0. The molecule has 0 bridgehead atoms. The fourth-order valence-corrected chi connectivity index (χ4v) is 3.39. The number of hydrogen-bond acceptors (Lipinski definition) is 4. The van der Waals surface area contributed by atoms with Gasteiger partial charge in [0.15, 0.2) is 11.6 Å². The lowest BCUT2D eigenvalue weighted by atomic mass is 9.71. The lowest BCUT2D eigenvalue weighted by molar-refractivity contribution is 0.0718. The van der Waals surface area contributed by atoms with Gasteiger partial charge in [-0.1, -0.05) is 19.3 Å². The Kier molecular flexibility index (Phi) is 2.81. The van der Waals surface area contributed by atoms with E-state index in [2.05, 4.69) is 0 Å². The Morgan fingerprint density at radius 1 is 0.789 bits per heavy atom. The maximum atomic E-state index is 12.5. The van der Waals surface area contributed by atoms with Crippen molar-refractivity contribution in [1.29, 1.82) is 0 Å². The molecule has 0 aromatic heterocycles. The first kappa shape index (κ1) is 12.2. The van der Waals surface area contributed by atoms with Crippen LogP contribution in [-0.4, -0.2) is 21.8 Å². The van der Waals surface area contributed by atoms with Crippen molar-refractivity contribution >= 4 is 11.6 Å². The van der Waals surface area contributed by atoms with Crippen LogP contribution in [0, 0.1) is 11.8 Å². The Bertz CT molecular complexity index is 513. The number of phenols is 2. The molecule has 0 spiro atoms. The van der Waals surface area contributed by atoms with E-state index in [1.807, 2.05) is 0 Å². The zero-order valence-electron chi connectivity index (χ0n) is 10.6. The summed E-state index contributed by atoms with van der Waals surface area (Å²) in [6, 6.07) is 2.55. The van der Waals surface area contributed by atoms with Gasteiger partial charge < -0.3 is 10.2 Å². The predicted octanol–water partition coefficient (Wildman–Crippen LogP) is 2.67. The molecule has 1 saturated carbocycles. The number of rotatable bonds is 0. The summed E-state index contributed by atoms with van der Waals surface area (Å²) in [5, 5.41) is 19.7.